The van der Waals surface area contributed by atoms with Gasteiger partial charge < -0.3 is 19.8 Å². The second-order valence-corrected chi connectivity index (χ2v) is 15.6. The van der Waals surface area contributed by atoms with E-state index in [1.807, 2.05) is 30.3 Å². The fraction of sp³-hybridized carbons (Fsp3) is 0.560. The zero-order valence-electron chi connectivity index (χ0n) is 20.9. The van der Waals surface area contributed by atoms with Crippen molar-refractivity contribution in [1.82, 2.24) is 20.4 Å². The second kappa shape index (κ2) is 9.28. The lowest BCUT2D eigenvalue weighted by Crippen LogP contribution is -2.42. The average molecular weight is 485 g/mol. The highest BCUT2D eigenvalue weighted by Gasteiger charge is 2.55. The van der Waals surface area contributed by atoms with Crippen LogP contribution in [0.1, 0.15) is 53.4 Å². The number of rotatable bonds is 8. The van der Waals surface area contributed by atoms with E-state index in [-0.39, 0.29) is 34.6 Å². The number of nitrogens with zero attached hydrogens (tertiary/aromatic N) is 2. The van der Waals surface area contributed by atoms with Crippen molar-refractivity contribution in [2.75, 3.05) is 26.9 Å². The summed E-state index contributed by atoms with van der Waals surface area (Å²) < 4.78 is 13.7. The number of hydrogen-bond donors (Lipinski definition) is 2. The largest absolute Gasteiger partial charge is 0.414 e. The molecule has 0 bridgehead atoms. The van der Waals surface area contributed by atoms with Gasteiger partial charge in [-0.15, -0.1) is 0 Å². The molecular formula is C25H36N4O4Si. The van der Waals surface area contributed by atoms with Gasteiger partial charge in [-0.05, 0) is 23.7 Å². The maximum atomic E-state index is 13.4. The molecule has 1 unspecified atom stereocenters. The summed E-state index contributed by atoms with van der Waals surface area (Å²) in [6.45, 7) is 12.7. The summed E-state index contributed by atoms with van der Waals surface area (Å²) >= 11 is 0. The van der Waals surface area contributed by atoms with E-state index in [9.17, 15) is 9.59 Å². The zero-order valence-corrected chi connectivity index (χ0v) is 21.9. The first kappa shape index (κ1) is 24.6. The molecule has 2 fully saturated rings. The fourth-order valence-electron chi connectivity index (χ4n) is 4.21. The van der Waals surface area contributed by atoms with Crippen LogP contribution >= 0.6 is 0 Å². The topological polar surface area (TPSA) is 94.5 Å². The molecule has 1 aliphatic heterocycles. The molecule has 2 aliphatic rings. The highest BCUT2D eigenvalue weighted by molar-refractivity contribution is 6.74. The Morgan fingerprint density at radius 2 is 1.82 bits per heavy atom. The average Bonchev–Trinajstić information content (AvgIpc) is 3.17. The van der Waals surface area contributed by atoms with Gasteiger partial charge in [0.1, 0.15) is 5.69 Å². The molecule has 1 aromatic heterocycles. The standard InChI is InChI=1S/C25H36N4O4Si/c1-25(2,3)34(5,6)33-15-21(16-10-8-7-9-11-16)29-20(12-19(28-29)23(30)26-4)24(31)27-22-17-13-32-14-18(17)22/h7-12,17-18,21-22H,13-15H2,1-6H3,(H,26,30)(H,27,31)/t17-,18+,21-,22?/m0/s1. The van der Waals surface area contributed by atoms with Crippen molar-refractivity contribution in [2.24, 2.45) is 11.8 Å². The summed E-state index contributed by atoms with van der Waals surface area (Å²) in [6, 6.07) is 11.2. The van der Waals surface area contributed by atoms with E-state index < -0.39 is 8.32 Å². The van der Waals surface area contributed by atoms with Crippen molar-refractivity contribution in [3.63, 3.8) is 0 Å². The SMILES string of the molecule is CNC(=O)c1cc(C(=O)NC2[C@H]3COC[C@@H]23)n([C@@H](CO[Si](C)(C)C(C)(C)C)c2ccccc2)n1. The lowest BCUT2D eigenvalue weighted by molar-refractivity contribution is 0.0912. The number of ether oxygens (including phenoxy) is 1. The van der Waals surface area contributed by atoms with Crippen molar-refractivity contribution in [3.8, 4) is 0 Å². The van der Waals surface area contributed by atoms with Crippen LogP contribution in [0.4, 0.5) is 0 Å². The normalized spacial score (nSPS) is 22.7. The van der Waals surface area contributed by atoms with E-state index in [4.69, 9.17) is 9.16 Å². The monoisotopic (exact) mass is 484 g/mol. The minimum absolute atomic E-state index is 0.0393. The van der Waals surface area contributed by atoms with Gasteiger partial charge in [-0.1, -0.05) is 51.1 Å². The highest BCUT2D eigenvalue weighted by atomic mass is 28.4. The fourth-order valence-corrected chi connectivity index (χ4v) is 5.21. The third-order valence-electron chi connectivity index (χ3n) is 7.57. The van der Waals surface area contributed by atoms with Gasteiger partial charge in [0.15, 0.2) is 14.0 Å². The van der Waals surface area contributed by atoms with Crippen LogP contribution in [0.3, 0.4) is 0 Å². The second-order valence-electron chi connectivity index (χ2n) is 10.8. The van der Waals surface area contributed by atoms with Crippen molar-refractivity contribution >= 4 is 20.1 Å². The summed E-state index contributed by atoms with van der Waals surface area (Å²) in [5.74, 6) is 0.202. The first-order valence-corrected chi connectivity index (χ1v) is 14.8. The number of nitrogens with one attached hydrogen (secondary N) is 2. The third kappa shape index (κ3) is 4.82. The molecule has 1 saturated carbocycles. The molecule has 184 valence electrons. The van der Waals surface area contributed by atoms with Crippen LogP contribution < -0.4 is 10.6 Å². The van der Waals surface area contributed by atoms with Gasteiger partial charge >= 0.3 is 0 Å². The minimum atomic E-state index is -2.07. The highest BCUT2D eigenvalue weighted by Crippen LogP contribution is 2.44. The number of fused-ring (bicyclic) bond motifs is 1. The Morgan fingerprint density at radius 3 is 2.41 bits per heavy atom. The molecule has 4 atom stereocenters. The molecule has 1 saturated heterocycles. The first-order chi connectivity index (χ1) is 16.0. The number of carbonyl (C=O) groups excluding carboxylic acids is 2. The maximum absolute atomic E-state index is 13.4. The molecule has 0 radical (unpaired) electrons. The number of aromatic nitrogens is 2. The van der Waals surface area contributed by atoms with Crippen LogP contribution in [-0.4, -0.2) is 62.8 Å². The Morgan fingerprint density at radius 1 is 1.18 bits per heavy atom. The zero-order chi connectivity index (χ0) is 24.7. The van der Waals surface area contributed by atoms with Gasteiger partial charge in [-0.25, -0.2) is 4.68 Å². The molecule has 2 heterocycles. The van der Waals surface area contributed by atoms with E-state index in [0.717, 1.165) is 5.56 Å². The number of benzene rings is 1. The maximum Gasteiger partial charge on any atom is 0.271 e. The summed E-state index contributed by atoms with van der Waals surface area (Å²) in [4.78, 5) is 25.8. The quantitative estimate of drug-likeness (QED) is 0.561. The van der Waals surface area contributed by atoms with Crippen molar-refractivity contribution < 1.29 is 18.8 Å². The van der Waals surface area contributed by atoms with Gasteiger partial charge in [0, 0.05) is 31.0 Å². The van der Waals surface area contributed by atoms with Crippen molar-refractivity contribution in [1.29, 1.82) is 0 Å². The Balaban J connectivity index is 1.68. The van der Waals surface area contributed by atoms with Gasteiger partial charge in [0.25, 0.3) is 11.8 Å². The van der Waals surface area contributed by atoms with E-state index in [0.29, 0.717) is 37.4 Å². The molecule has 2 aromatic rings. The summed E-state index contributed by atoms with van der Waals surface area (Å²) in [7, 11) is -0.509. The molecule has 1 aliphatic carbocycles. The third-order valence-corrected chi connectivity index (χ3v) is 12.1. The van der Waals surface area contributed by atoms with Crippen LogP contribution in [0.15, 0.2) is 36.4 Å². The Hall–Kier alpha value is -2.49. The molecule has 2 N–H and O–H groups in total. The van der Waals surface area contributed by atoms with Gasteiger partial charge in [0.2, 0.25) is 0 Å². The van der Waals surface area contributed by atoms with Crippen LogP contribution in [0.25, 0.3) is 0 Å². The molecule has 8 nitrogen and oxygen atoms in total. The van der Waals surface area contributed by atoms with Crippen LogP contribution in [-0.2, 0) is 9.16 Å². The minimum Gasteiger partial charge on any atom is -0.414 e. The summed E-state index contributed by atoms with van der Waals surface area (Å²) in [6.07, 6.45) is 0. The van der Waals surface area contributed by atoms with Crippen LogP contribution in [0.5, 0.6) is 0 Å². The van der Waals surface area contributed by atoms with Gasteiger partial charge in [-0.3, -0.25) is 9.59 Å². The lowest BCUT2D eigenvalue weighted by atomic mass is 10.1. The van der Waals surface area contributed by atoms with Crippen LogP contribution in [0.2, 0.25) is 18.1 Å². The Kier molecular flexibility index (Phi) is 6.72. The van der Waals surface area contributed by atoms with Crippen LogP contribution in [0, 0.1) is 11.8 Å². The summed E-state index contributed by atoms with van der Waals surface area (Å²) in [5.41, 5.74) is 1.54. The number of carbonyl (C=O) groups is 2. The van der Waals surface area contributed by atoms with Crippen molar-refractivity contribution in [2.45, 2.75) is 51.0 Å². The molecular weight excluding hydrogens is 448 g/mol. The van der Waals surface area contributed by atoms with E-state index >= 15 is 0 Å². The molecule has 0 spiro atoms. The molecule has 9 heteroatoms. The van der Waals surface area contributed by atoms with E-state index in [1.54, 1.807) is 17.8 Å². The molecule has 1 aromatic carbocycles. The Labute approximate surface area is 202 Å². The smallest absolute Gasteiger partial charge is 0.271 e. The van der Waals surface area contributed by atoms with Gasteiger partial charge in [-0.2, -0.15) is 5.10 Å². The number of hydrogen-bond acceptors (Lipinski definition) is 5. The van der Waals surface area contributed by atoms with E-state index in [1.165, 1.54) is 0 Å². The van der Waals surface area contributed by atoms with Crippen molar-refractivity contribution in [3.05, 3.63) is 53.3 Å². The number of amides is 2. The van der Waals surface area contributed by atoms with E-state index in [2.05, 4.69) is 49.6 Å². The summed E-state index contributed by atoms with van der Waals surface area (Å²) in [5, 5.41) is 10.4. The van der Waals surface area contributed by atoms with Gasteiger partial charge in [0.05, 0.1) is 25.9 Å². The Bertz CT molecular complexity index is 1040. The first-order valence-electron chi connectivity index (χ1n) is 11.9. The predicted molar refractivity (Wildman–Crippen MR) is 132 cm³/mol. The molecule has 4 rings (SSSR count). The molecule has 34 heavy (non-hydrogen) atoms. The predicted octanol–water partition coefficient (Wildman–Crippen LogP) is 3.23. The lowest BCUT2D eigenvalue weighted by Gasteiger charge is -2.37. The molecule has 2 amide bonds.